The molecule has 1 aromatic heterocycles. The quantitative estimate of drug-likeness (QED) is 0.793. The Hall–Kier alpha value is -1.45. The molecule has 1 aromatic rings. The van der Waals surface area contributed by atoms with Crippen molar-refractivity contribution in [2.45, 2.75) is 19.4 Å². The maximum Gasteiger partial charge on any atom is 0.215 e. The van der Waals surface area contributed by atoms with Crippen molar-refractivity contribution in [1.29, 1.82) is 5.26 Å². The average molecular weight is 253 g/mol. The van der Waals surface area contributed by atoms with Crippen LogP contribution in [0.1, 0.15) is 24.9 Å². The Bertz CT molecular complexity index is 493. The van der Waals surface area contributed by atoms with E-state index in [1.165, 1.54) is 7.05 Å². The third kappa shape index (κ3) is 3.25. The van der Waals surface area contributed by atoms with E-state index in [0.29, 0.717) is 12.0 Å². The summed E-state index contributed by atoms with van der Waals surface area (Å²) in [6, 6.07) is 4.49. The van der Waals surface area contributed by atoms with Crippen molar-refractivity contribution < 1.29 is 8.42 Å². The lowest BCUT2D eigenvalue weighted by Crippen LogP contribution is -2.32. The number of sulfonamides is 1. The van der Waals surface area contributed by atoms with Gasteiger partial charge in [-0.05, 0) is 24.1 Å². The van der Waals surface area contributed by atoms with Crippen LogP contribution in [-0.2, 0) is 10.0 Å². The molecule has 0 spiro atoms. The van der Waals surface area contributed by atoms with Gasteiger partial charge in [0.2, 0.25) is 10.0 Å². The molecule has 0 bridgehead atoms. The van der Waals surface area contributed by atoms with Crippen LogP contribution >= 0.6 is 0 Å². The van der Waals surface area contributed by atoms with Gasteiger partial charge in [-0.15, -0.1) is 0 Å². The van der Waals surface area contributed by atoms with Crippen molar-refractivity contribution in [2.24, 2.45) is 0 Å². The molecule has 1 rings (SSSR count). The second-order valence-corrected chi connectivity index (χ2v) is 5.79. The highest BCUT2D eigenvalue weighted by atomic mass is 32.2. The minimum atomic E-state index is -3.38. The third-order valence-corrected chi connectivity index (χ3v) is 4.42. The van der Waals surface area contributed by atoms with Crippen LogP contribution in [0, 0.1) is 11.3 Å². The molecule has 0 saturated carbocycles. The van der Waals surface area contributed by atoms with Crippen molar-refractivity contribution >= 4 is 10.0 Å². The lowest BCUT2D eigenvalue weighted by molar-refractivity contribution is 0.431. The van der Waals surface area contributed by atoms with Crippen LogP contribution in [0.2, 0.25) is 0 Å². The number of nitrogens with zero attached hydrogens (tertiary/aromatic N) is 3. The van der Waals surface area contributed by atoms with Gasteiger partial charge in [-0.3, -0.25) is 4.98 Å². The summed E-state index contributed by atoms with van der Waals surface area (Å²) in [5.41, 5.74) is 0.629. The summed E-state index contributed by atoms with van der Waals surface area (Å²) < 4.78 is 24.8. The molecule has 5 nitrogen and oxygen atoms in total. The van der Waals surface area contributed by atoms with E-state index in [1.807, 2.05) is 6.07 Å². The van der Waals surface area contributed by atoms with Gasteiger partial charge in [0.15, 0.2) is 0 Å². The van der Waals surface area contributed by atoms with Crippen LogP contribution in [0.25, 0.3) is 0 Å². The van der Waals surface area contributed by atoms with E-state index < -0.39 is 16.1 Å². The molecule has 0 aliphatic rings. The fourth-order valence-electron chi connectivity index (χ4n) is 1.47. The van der Waals surface area contributed by atoms with Gasteiger partial charge in [-0.1, -0.05) is 6.92 Å². The molecule has 0 fully saturated rings. The Morgan fingerprint density at radius 1 is 1.47 bits per heavy atom. The van der Waals surface area contributed by atoms with E-state index in [9.17, 15) is 8.42 Å². The zero-order chi connectivity index (χ0) is 12.9. The normalized spacial score (nSPS) is 13.3. The molecule has 1 unspecified atom stereocenters. The third-order valence-electron chi connectivity index (χ3n) is 2.41. The Morgan fingerprint density at radius 3 is 2.53 bits per heavy atom. The second kappa shape index (κ2) is 5.75. The summed E-state index contributed by atoms with van der Waals surface area (Å²) in [5.74, 6) is 0.0484. The van der Waals surface area contributed by atoms with Crippen LogP contribution in [-0.4, -0.2) is 30.5 Å². The van der Waals surface area contributed by atoms with Crippen molar-refractivity contribution in [3.8, 4) is 6.07 Å². The Balaban J connectivity index is 3.02. The molecule has 1 atom stereocenters. The molecule has 0 aliphatic heterocycles. The minimum absolute atomic E-state index is 0.0484. The van der Waals surface area contributed by atoms with Gasteiger partial charge in [0, 0.05) is 19.4 Å². The maximum absolute atomic E-state index is 11.9. The summed E-state index contributed by atoms with van der Waals surface area (Å²) in [4.78, 5) is 3.84. The average Bonchev–Trinajstić information content (AvgIpc) is 2.31. The molecule has 0 radical (unpaired) electrons. The molecule has 0 aromatic carbocycles. The number of pyridine rings is 1. The van der Waals surface area contributed by atoms with Crippen LogP contribution in [0.3, 0.4) is 0 Å². The first-order valence-corrected chi connectivity index (χ1v) is 6.89. The molecule has 17 heavy (non-hydrogen) atoms. The number of rotatable bonds is 5. The summed E-state index contributed by atoms with van der Waals surface area (Å²) in [5, 5.41) is 9.10. The van der Waals surface area contributed by atoms with Crippen LogP contribution in [0.4, 0.5) is 0 Å². The fourth-order valence-corrected chi connectivity index (χ4v) is 2.77. The first-order chi connectivity index (χ1) is 8.03. The molecular formula is C11H15N3O2S. The van der Waals surface area contributed by atoms with E-state index in [4.69, 9.17) is 5.26 Å². The molecule has 0 saturated heterocycles. The van der Waals surface area contributed by atoms with Gasteiger partial charge in [0.25, 0.3) is 0 Å². The van der Waals surface area contributed by atoms with E-state index >= 15 is 0 Å². The van der Waals surface area contributed by atoms with Crippen LogP contribution < -0.4 is 0 Å². The van der Waals surface area contributed by atoms with Crippen molar-refractivity contribution in [3.63, 3.8) is 0 Å². The lowest BCUT2D eigenvalue weighted by atomic mass is 10.1. The smallest absolute Gasteiger partial charge is 0.215 e. The second-order valence-electron chi connectivity index (χ2n) is 3.64. The van der Waals surface area contributed by atoms with Gasteiger partial charge in [-0.2, -0.15) is 9.57 Å². The Kier molecular flexibility index (Phi) is 4.61. The van der Waals surface area contributed by atoms with Crippen LogP contribution in [0.15, 0.2) is 24.5 Å². The van der Waals surface area contributed by atoms with Crippen molar-refractivity contribution in [3.05, 3.63) is 30.1 Å². The maximum atomic E-state index is 11.9. The monoisotopic (exact) mass is 253 g/mol. The highest BCUT2D eigenvalue weighted by Crippen LogP contribution is 2.21. The van der Waals surface area contributed by atoms with E-state index in [1.54, 1.807) is 31.5 Å². The van der Waals surface area contributed by atoms with Gasteiger partial charge in [0.1, 0.15) is 6.04 Å². The molecule has 1 heterocycles. The van der Waals surface area contributed by atoms with Crippen LogP contribution in [0.5, 0.6) is 0 Å². The van der Waals surface area contributed by atoms with Gasteiger partial charge in [-0.25, -0.2) is 8.42 Å². The predicted octanol–water partition coefficient (Wildman–Crippen LogP) is 1.32. The van der Waals surface area contributed by atoms with Gasteiger partial charge < -0.3 is 0 Å². The first-order valence-electron chi connectivity index (χ1n) is 5.28. The number of hydrogen-bond donors (Lipinski definition) is 0. The first kappa shape index (κ1) is 13.6. The van der Waals surface area contributed by atoms with Crippen molar-refractivity contribution in [1.82, 2.24) is 9.29 Å². The zero-order valence-corrected chi connectivity index (χ0v) is 10.7. The summed E-state index contributed by atoms with van der Waals surface area (Å²) in [7, 11) is -1.95. The molecule has 92 valence electrons. The summed E-state index contributed by atoms with van der Waals surface area (Å²) in [6.07, 6.45) is 3.61. The molecule has 6 heteroatoms. The number of hydrogen-bond acceptors (Lipinski definition) is 4. The molecule has 0 N–H and O–H groups in total. The Morgan fingerprint density at radius 2 is 2.06 bits per heavy atom. The summed E-state index contributed by atoms with van der Waals surface area (Å²) in [6.45, 7) is 1.79. The fraction of sp³-hybridized carbons (Fsp3) is 0.455. The van der Waals surface area contributed by atoms with Crippen molar-refractivity contribution in [2.75, 3.05) is 12.8 Å². The van der Waals surface area contributed by atoms with Gasteiger partial charge in [0.05, 0.1) is 11.8 Å². The topological polar surface area (TPSA) is 74.1 Å². The van der Waals surface area contributed by atoms with Gasteiger partial charge >= 0.3 is 0 Å². The highest BCUT2D eigenvalue weighted by Gasteiger charge is 2.26. The zero-order valence-electron chi connectivity index (χ0n) is 9.87. The highest BCUT2D eigenvalue weighted by molar-refractivity contribution is 7.89. The largest absolute Gasteiger partial charge is 0.265 e. The standard InChI is InChI=1S/C11H15N3O2S/c1-3-8-17(15,16)14(2)11(9-12)10-4-6-13-7-5-10/h4-7,11H,3,8H2,1-2H3. The molecular weight excluding hydrogens is 238 g/mol. The number of aromatic nitrogens is 1. The van der Waals surface area contributed by atoms with E-state index in [2.05, 4.69) is 4.98 Å². The lowest BCUT2D eigenvalue weighted by Gasteiger charge is -2.22. The number of nitriles is 1. The van der Waals surface area contributed by atoms with E-state index in [0.717, 1.165) is 4.31 Å². The Labute approximate surface area is 102 Å². The summed E-state index contributed by atoms with van der Waals surface area (Å²) >= 11 is 0. The molecule has 0 amide bonds. The SMILES string of the molecule is CCCS(=O)(=O)N(C)C(C#N)c1ccncc1. The minimum Gasteiger partial charge on any atom is -0.265 e. The predicted molar refractivity (Wildman–Crippen MR) is 64.4 cm³/mol. The van der Waals surface area contributed by atoms with E-state index in [-0.39, 0.29) is 5.75 Å². The molecule has 0 aliphatic carbocycles.